The predicted molar refractivity (Wildman–Crippen MR) is 119 cm³/mol. The second kappa shape index (κ2) is 9.57. The van der Waals surface area contributed by atoms with E-state index in [1.807, 2.05) is 56.6 Å². The number of benzene rings is 1. The van der Waals surface area contributed by atoms with Gasteiger partial charge in [-0.05, 0) is 68.8 Å². The van der Waals surface area contributed by atoms with Gasteiger partial charge in [0.05, 0.1) is 24.8 Å². The highest BCUT2D eigenvalue weighted by Gasteiger charge is 2.29. The summed E-state index contributed by atoms with van der Waals surface area (Å²) in [6, 6.07) is 7.36. The summed E-state index contributed by atoms with van der Waals surface area (Å²) in [5, 5.41) is 23.0. The third kappa shape index (κ3) is 5.11. The van der Waals surface area contributed by atoms with E-state index in [0.717, 1.165) is 28.9 Å². The molecule has 2 N–H and O–H groups in total. The van der Waals surface area contributed by atoms with E-state index in [2.05, 4.69) is 32.3 Å². The molecule has 3 rings (SSSR count). The van der Waals surface area contributed by atoms with Gasteiger partial charge in [-0.25, -0.2) is 4.68 Å². The number of hydrogen-bond donors (Lipinski definition) is 2. The topological polar surface area (TPSA) is 109 Å². The fourth-order valence-electron chi connectivity index (χ4n) is 3.78. The van der Waals surface area contributed by atoms with Gasteiger partial charge in [-0.2, -0.15) is 0 Å². The number of fused-ring (bicyclic) bond motifs is 1. The monoisotopic (exact) mass is 428 g/mol. The van der Waals surface area contributed by atoms with E-state index in [4.69, 9.17) is 4.74 Å². The van der Waals surface area contributed by atoms with Gasteiger partial charge in [-0.3, -0.25) is 9.69 Å². The van der Waals surface area contributed by atoms with Crippen LogP contribution >= 0.6 is 0 Å². The molecule has 0 aliphatic carbocycles. The first kappa shape index (κ1) is 22.9. The van der Waals surface area contributed by atoms with Crippen LogP contribution in [0.25, 0.3) is 10.9 Å². The van der Waals surface area contributed by atoms with E-state index in [1.165, 1.54) is 0 Å². The van der Waals surface area contributed by atoms with Crippen LogP contribution in [-0.4, -0.2) is 55.0 Å². The van der Waals surface area contributed by atoms with Crippen molar-refractivity contribution >= 4 is 10.9 Å². The first-order chi connectivity index (χ1) is 14.8. The number of nitrogens with one attached hydrogen (secondary N) is 1. The average molecular weight is 429 g/mol. The van der Waals surface area contributed by atoms with Crippen LogP contribution < -0.4 is 10.3 Å². The maximum Gasteiger partial charge on any atom is 0.252 e. The molecule has 0 saturated carbocycles. The van der Waals surface area contributed by atoms with Crippen LogP contribution in [0.3, 0.4) is 0 Å². The van der Waals surface area contributed by atoms with Gasteiger partial charge in [0.2, 0.25) is 0 Å². The molecular formula is C22H32N6O3. The lowest BCUT2D eigenvalue weighted by molar-refractivity contribution is 0.127. The Morgan fingerprint density at radius 1 is 1.26 bits per heavy atom. The Balaban J connectivity index is 1.98. The smallest absolute Gasteiger partial charge is 0.252 e. The van der Waals surface area contributed by atoms with E-state index in [-0.39, 0.29) is 23.7 Å². The number of rotatable bonds is 9. The SMILES string of the molecule is CCOc1ccc2[nH]c(=O)c(CN(CCO)[C@@H](CC)c3nnnn3C(C)(C)C)cc2c1. The Labute approximate surface area is 182 Å². The molecule has 168 valence electrons. The zero-order valence-corrected chi connectivity index (χ0v) is 18.9. The molecule has 0 fully saturated rings. The number of hydrogen-bond acceptors (Lipinski definition) is 7. The molecule has 0 bridgehead atoms. The van der Waals surface area contributed by atoms with Crippen LogP contribution in [0.5, 0.6) is 5.75 Å². The van der Waals surface area contributed by atoms with Crippen molar-refractivity contribution in [1.29, 1.82) is 0 Å². The molecule has 0 unspecified atom stereocenters. The Hall–Kier alpha value is -2.78. The molecule has 0 spiro atoms. The maximum absolute atomic E-state index is 12.8. The molecule has 3 aromatic rings. The summed E-state index contributed by atoms with van der Waals surface area (Å²) in [7, 11) is 0. The van der Waals surface area contributed by atoms with Gasteiger partial charge >= 0.3 is 0 Å². The molecule has 2 aromatic heterocycles. The number of tetrazole rings is 1. The van der Waals surface area contributed by atoms with Crippen LogP contribution in [0.1, 0.15) is 58.5 Å². The Kier molecular flexibility index (Phi) is 7.07. The van der Waals surface area contributed by atoms with Crippen molar-refractivity contribution in [3.63, 3.8) is 0 Å². The zero-order chi connectivity index (χ0) is 22.6. The zero-order valence-electron chi connectivity index (χ0n) is 18.9. The Morgan fingerprint density at radius 2 is 2.03 bits per heavy atom. The molecule has 31 heavy (non-hydrogen) atoms. The largest absolute Gasteiger partial charge is 0.494 e. The van der Waals surface area contributed by atoms with Gasteiger partial charge < -0.3 is 14.8 Å². The fourth-order valence-corrected chi connectivity index (χ4v) is 3.78. The first-order valence-electron chi connectivity index (χ1n) is 10.7. The molecular weight excluding hydrogens is 396 g/mol. The van der Waals surface area contributed by atoms with Crippen molar-refractivity contribution in [3.05, 3.63) is 46.0 Å². The van der Waals surface area contributed by atoms with Crippen molar-refractivity contribution in [1.82, 2.24) is 30.1 Å². The van der Waals surface area contributed by atoms with Gasteiger partial charge in [-0.1, -0.05) is 6.92 Å². The van der Waals surface area contributed by atoms with E-state index >= 15 is 0 Å². The molecule has 0 amide bonds. The minimum Gasteiger partial charge on any atom is -0.494 e. The highest BCUT2D eigenvalue weighted by Crippen LogP contribution is 2.27. The van der Waals surface area contributed by atoms with Gasteiger partial charge in [0.15, 0.2) is 5.82 Å². The number of nitrogens with zero attached hydrogens (tertiary/aromatic N) is 5. The third-order valence-electron chi connectivity index (χ3n) is 5.22. The number of aliphatic hydroxyl groups is 1. The van der Waals surface area contributed by atoms with Crippen LogP contribution in [0.2, 0.25) is 0 Å². The number of aliphatic hydroxyl groups excluding tert-OH is 1. The standard InChI is InChI=1S/C22H32N6O3/c1-6-19(20-24-25-26-28(20)22(3,4)5)27(10-11-29)14-16-12-15-13-17(31-7-2)8-9-18(15)23-21(16)30/h8-9,12-13,19,29H,6-7,10-11,14H2,1-5H3,(H,23,30)/t19-/m0/s1. The predicted octanol–water partition coefficient (Wildman–Crippen LogP) is 2.61. The van der Waals surface area contributed by atoms with Crippen molar-refractivity contribution in [2.24, 2.45) is 0 Å². The summed E-state index contributed by atoms with van der Waals surface area (Å²) in [4.78, 5) is 17.8. The summed E-state index contributed by atoms with van der Waals surface area (Å²) in [6.45, 7) is 11.4. The van der Waals surface area contributed by atoms with Crippen LogP contribution in [0.4, 0.5) is 0 Å². The number of aromatic nitrogens is 5. The van der Waals surface area contributed by atoms with Crippen molar-refractivity contribution in [3.8, 4) is 5.75 Å². The third-order valence-corrected chi connectivity index (χ3v) is 5.22. The van der Waals surface area contributed by atoms with Crippen molar-refractivity contribution in [2.75, 3.05) is 19.8 Å². The summed E-state index contributed by atoms with van der Waals surface area (Å²) in [5.41, 5.74) is 0.940. The van der Waals surface area contributed by atoms with Crippen molar-refractivity contribution in [2.45, 2.75) is 59.2 Å². The normalized spacial score (nSPS) is 13.1. The molecule has 1 aromatic carbocycles. The number of pyridine rings is 1. The molecule has 9 nitrogen and oxygen atoms in total. The first-order valence-corrected chi connectivity index (χ1v) is 10.7. The van der Waals surface area contributed by atoms with E-state index in [0.29, 0.717) is 25.3 Å². The lowest BCUT2D eigenvalue weighted by Gasteiger charge is -2.31. The Morgan fingerprint density at radius 3 is 2.68 bits per heavy atom. The van der Waals surface area contributed by atoms with Gasteiger partial charge in [-0.15, -0.1) is 5.10 Å². The van der Waals surface area contributed by atoms with Crippen molar-refractivity contribution < 1.29 is 9.84 Å². The lowest BCUT2D eigenvalue weighted by Crippen LogP contribution is -2.36. The molecule has 0 aliphatic rings. The summed E-state index contributed by atoms with van der Waals surface area (Å²) in [5.74, 6) is 1.48. The van der Waals surface area contributed by atoms with E-state index in [1.54, 1.807) is 0 Å². The highest BCUT2D eigenvalue weighted by atomic mass is 16.5. The quantitative estimate of drug-likeness (QED) is 0.539. The molecule has 1 atom stereocenters. The minimum absolute atomic E-state index is 0.0342. The van der Waals surface area contributed by atoms with E-state index < -0.39 is 0 Å². The highest BCUT2D eigenvalue weighted by molar-refractivity contribution is 5.80. The summed E-state index contributed by atoms with van der Waals surface area (Å²) < 4.78 is 7.40. The van der Waals surface area contributed by atoms with Gasteiger partial charge in [0, 0.05) is 29.6 Å². The fraction of sp³-hybridized carbons (Fsp3) is 0.545. The summed E-state index contributed by atoms with van der Waals surface area (Å²) >= 11 is 0. The molecule has 0 aliphatic heterocycles. The second-order valence-corrected chi connectivity index (χ2v) is 8.54. The lowest BCUT2D eigenvalue weighted by atomic mass is 10.1. The van der Waals surface area contributed by atoms with Crippen LogP contribution in [-0.2, 0) is 12.1 Å². The summed E-state index contributed by atoms with van der Waals surface area (Å²) in [6.07, 6.45) is 0.733. The number of H-pyrrole nitrogens is 1. The minimum atomic E-state index is -0.284. The number of ether oxygens (including phenoxy) is 1. The number of aromatic amines is 1. The van der Waals surface area contributed by atoms with Gasteiger partial charge in [0.1, 0.15) is 5.75 Å². The molecule has 0 radical (unpaired) electrons. The average Bonchev–Trinajstić information content (AvgIpc) is 3.20. The van der Waals surface area contributed by atoms with Gasteiger partial charge in [0.25, 0.3) is 5.56 Å². The Bertz CT molecular complexity index is 1070. The second-order valence-electron chi connectivity index (χ2n) is 8.54. The maximum atomic E-state index is 12.8. The molecule has 9 heteroatoms. The van der Waals surface area contributed by atoms with Crippen LogP contribution in [0, 0.1) is 0 Å². The van der Waals surface area contributed by atoms with Crippen LogP contribution in [0.15, 0.2) is 29.1 Å². The van der Waals surface area contributed by atoms with E-state index in [9.17, 15) is 9.90 Å². The molecule has 0 saturated heterocycles. The molecule has 2 heterocycles.